The summed E-state index contributed by atoms with van der Waals surface area (Å²) < 4.78 is 66.2. The number of esters is 3. The van der Waals surface area contributed by atoms with Gasteiger partial charge in [0.2, 0.25) is 0 Å². The third-order valence-corrected chi connectivity index (χ3v) is 10.0. The number of fused-ring (bicyclic) bond motifs is 1. The zero-order valence-corrected chi connectivity index (χ0v) is 29.7. The second-order valence-corrected chi connectivity index (χ2v) is 13.5. The number of nitrogen functional groups attached to an aromatic ring is 1. The summed E-state index contributed by atoms with van der Waals surface area (Å²) in [5, 5.41) is 6.81. The average Bonchev–Trinajstić information content (AvgIpc) is 3.68. The number of hydrogen-bond acceptors (Lipinski definition) is 13. The molecule has 3 N–H and O–H groups in total. The summed E-state index contributed by atoms with van der Waals surface area (Å²) in [5.74, 6) is -1.76. The minimum absolute atomic E-state index is 0.0594. The number of carbonyl (C=O) groups is 3. The molecule has 3 aromatic rings. The Kier molecular flexibility index (Phi) is 13.3. The van der Waals surface area contributed by atoms with E-state index in [2.05, 4.69) is 15.2 Å². The van der Waals surface area contributed by atoms with Crippen LogP contribution in [0, 0.1) is 5.92 Å². The Morgan fingerprint density at radius 1 is 1.06 bits per heavy atom. The Balaban J connectivity index is 1.72. The molecule has 0 radical (unpaired) electrons. The van der Waals surface area contributed by atoms with Crippen molar-refractivity contribution in [3.05, 3.63) is 54.5 Å². The molecule has 274 valence electrons. The fourth-order valence-corrected chi connectivity index (χ4v) is 6.87. The van der Waals surface area contributed by atoms with E-state index in [9.17, 15) is 18.9 Å². The molecule has 17 heteroatoms. The standard InChI is InChI=1S/C33H45FN5O10P/c1-6-22(7-2)17-44-32(42)21(5)38-50(43,49-23-13-11-10-12-14-23)45-19-33(18-34)30(47-27(41)9-4)29(46-26(40)8-3)28(48-33)24-15-16-25-31(35)36-20-37-39(24)25/h10-16,20-22,28-30H,6-9,17-19H2,1-5H3,(H,38,43)(H2,35,36,37)/t21?,28-,29-,30-,33+,50-/m0/s1. The number of anilines is 1. The highest BCUT2D eigenvalue weighted by Crippen LogP contribution is 2.50. The lowest BCUT2D eigenvalue weighted by molar-refractivity contribution is -0.174. The van der Waals surface area contributed by atoms with Crippen molar-refractivity contribution in [2.45, 2.75) is 90.3 Å². The molecule has 0 spiro atoms. The number of aromatic nitrogens is 3. The summed E-state index contributed by atoms with van der Waals surface area (Å²) in [6, 6.07) is 9.98. The number of ether oxygens (including phenoxy) is 4. The first-order chi connectivity index (χ1) is 23.9. The molecule has 15 nitrogen and oxygen atoms in total. The van der Waals surface area contributed by atoms with Crippen LogP contribution in [0.1, 0.15) is 72.1 Å². The van der Waals surface area contributed by atoms with Gasteiger partial charge in [-0.25, -0.2) is 18.5 Å². The Hall–Kier alpha value is -4.11. The minimum atomic E-state index is -4.56. The Bertz CT molecular complexity index is 1660. The van der Waals surface area contributed by atoms with Gasteiger partial charge in [0.25, 0.3) is 0 Å². The maximum Gasteiger partial charge on any atom is 0.459 e. The second-order valence-electron chi connectivity index (χ2n) is 11.8. The van der Waals surface area contributed by atoms with Crippen molar-refractivity contribution in [3.8, 4) is 5.75 Å². The Morgan fingerprint density at radius 3 is 2.38 bits per heavy atom. The van der Waals surface area contributed by atoms with Gasteiger partial charge >= 0.3 is 25.7 Å². The van der Waals surface area contributed by atoms with Crippen molar-refractivity contribution < 1.29 is 51.3 Å². The molecule has 0 amide bonds. The minimum Gasteiger partial charge on any atom is -0.464 e. The van der Waals surface area contributed by atoms with Gasteiger partial charge in [-0.05, 0) is 37.1 Å². The largest absolute Gasteiger partial charge is 0.464 e. The fourth-order valence-electron chi connectivity index (χ4n) is 5.33. The summed E-state index contributed by atoms with van der Waals surface area (Å²) in [5.41, 5.74) is 4.49. The molecule has 0 saturated carbocycles. The number of alkyl halides is 1. The lowest BCUT2D eigenvalue weighted by atomic mass is 9.95. The van der Waals surface area contributed by atoms with Gasteiger partial charge in [-0.2, -0.15) is 10.2 Å². The van der Waals surface area contributed by atoms with Crippen molar-refractivity contribution in [1.82, 2.24) is 19.7 Å². The van der Waals surface area contributed by atoms with E-state index in [0.29, 0.717) is 5.52 Å². The molecule has 1 fully saturated rings. The predicted octanol–water partition coefficient (Wildman–Crippen LogP) is 4.90. The van der Waals surface area contributed by atoms with Crippen molar-refractivity contribution in [3.63, 3.8) is 0 Å². The SMILES string of the molecule is CCC(=O)O[C@H]1[C@H](c2ccc3c(N)ncnn23)O[C@](CF)(CO[P@@](=O)(NC(C)C(=O)OCC(CC)CC)Oc2ccccc2)[C@H]1OC(=O)CC. The van der Waals surface area contributed by atoms with Gasteiger partial charge in [0.05, 0.1) is 18.9 Å². The van der Waals surface area contributed by atoms with Crippen molar-refractivity contribution in [2.24, 2.45) is 5.92 Å². The highest BCUT2D eigenvalue weighted by molar-refractivity contribution is 7.52. The first kappa shape index (κ1) is 38.7. The average molecular weight is 722 g/mol. The smallest absolute Gasteiger partial charge is 0.459 e. The van der Waals surface area contributed by atoms with E-state index in [1.54, 1.807) is 37.3 Å². The summed E-state index contributed by atoms with van der Waals surface area (Å²) in [6.45, 7) is 6.44. The molecule has 0 aliphatic carbocycles. The van der Waals surface area contributed by atoms with Gasteiger partial charge in [-0.1, -0.05) is 58.7 Å². The molecule has 1 unspecified atom stereocenters. The van der Waals surface area contributed by atoms with Crippen LogP contribution in [0.4, 0.5) is 10.2 Å². The quantitative estimate of drug-likeness (QED) is 0.102. The predicted molar refractivity (Wildman–Crippen MR) is 179 cm³/mol. The molecule has 1 aliphatic heterocycles. The number of nitrogens with two attached hydrogens (primary N) is 1. The zero-order chi connectivity index (χ0) is 36.5. The van der Waals surface area contributed by atoms with Crippen LogP contribution in [0.5, 0.6) is 5.75 Å². The molecule has 2 aromatic heterocycles. The van der Waals surface area contributed by atoms with Crippen LogP contribution in [-0.4, -0.2) is 76.2 Å². The Labute approximate surface area is 289 Å². The van der Waals surface area contributed by atoms with Gasteiger partial charge in [-0.15, -0.1) is 0 Å². The third kappa shape index (κ3) is 8.97. The lowest BCUT2D eigenvalue weighted by Gasteiger charge is -2.33. The van der Waals surface area contributed by atoms with Crippen LogP contribution in [0.15, 0.2) is 48.8 Å². The van der Waals surface area contributed by atoms with E-state index in [4.69, 9.17) is 33.7 Å². The highest BCUT2D eigenvalue weighted by atomic mass is 31.2. The first-order valence-corrected chi connectivity index (χ1v) is 18.1. The number of halogens is 1. The normalized spacial score (nSPS) is 22.2. The molecule has 1 saturated heterocycles. The molecule has 4 rings (SSSR count). The maximum absolute atomic E-state index is 15.6. The lowest BCUT2D eigenvalue weighted by Crippen LogP contribution is -2.52. The number of nitrogens with one attached hydrogen (secondary N) is 1. The molecular formula is C33H45FN5O10P. The molecule has 50 heavy (non-hydrogen) atoms. The number of nitrogens with zero attached hydrogens (tertiary/aromatic N) is 3. The molecular weight excluding hydrogens is 676 g/mol. The highest BCUT2D eigenvalue weighted by Gasteiger charge is 2.61. The van der Waals surface area contributed by atoms with E-state index in [1.807, 2.05) is 13.8 Å². The topological polar surface area (TPSA) is 192 Å². The van der Waals surface area contributed by atoms with Crippen LogP contribution >= 0.6 is 7.75 Å². The number of hydrogen-bond donors (Lipinski definition) is 2. The molecule has 3 heterocycles. The Morgan fingerprint density at radius 2 is 1.74 bits per heavy atom. The van der Waals surface area contributed by atoms with Crippen LogP contribution < -0.4 is 15.3 Å². The summed E-state index contributed by atoms with van der Waals surface area (Å²) in [4.78, 5) is 42.4. The van der Waals surface area contributed by atoms with E-state index in [0.717, 1.165) is 12.8 Å². The molecule has 1 aromatic carbocycles. The number of carbonyl (C=O) groups excluding carboxylic acids is 3. The summed E-state index contributed by atoms with van der Waals surface area (Å²) in [6.07, 6.45) is -1.65. The van der Waals surface area contributed by atoms with E-state index in [1.165, 1.54) is 36.8 Å². The van der Waals surface area contributed by atoms with Gasteiger partial charge in [0.1, 0.15) is 36.4 Å². The fraction of sp³-hybridized carbons (Fsp3) is 0.545. The third-order valence-electron chi connectivity index (χ3n) is 8.38. The van der Waals surface area contributed by atoms with Gasteiger partial charge in [0, 0.05) is 12.8 Å². The van der Waals surface area contributed by atoms with Crippen LogP contribution in [0.3, 0.4) is 0 Å². The van der Waals surface area contributed by atoms with E-state index in [-0.39, 0.29) is 42.6 Å². The van der Waals surface area contributed by atoms with Crippen molar-refractivity contribution >= 4 is 37.0 Å². The van der Waals surface area contributed by atoms with Crippen LogP contribution in [-0.2, 0) is 42.4 Å². The first-order valence-electron chi connectivity index (χ1n) is 16.6. The maximum atomic E-state index is 15.6. The van der Waals surface area contributed by atoms with Crippen molar-refractivity contribution in [2.75, 3.05) is 25.6 Å². The van der Waals surface area contributed by atoms with Gasteiger partial charge in [-0.3, -0.25) is 18.9 Å². The van der Waals surface area contributed by atoms with Crippen LogP contribution in [0.2, 0.25) is 0 Å². The second kappa shape index (κ2) is 17.2. The van der Waals surface area contributed by atoms with Gasteiger partial charge < -0.3 is 29.2 Å². The zero-order valence-electron chi connectivity index (χ0n) is 28.8. The molecule has 1 aliphatic rings. The summed E-state index contributed by atoms with van der Waals surface area (Å²) >= 11 is 0. The van der Waals surface area contributed by atoms with Crippen LogP contribution in [0.25, 0.3) is 5.52 Å². The molecule has 0 bridgehead atoms. The van der Waals surface area contributed by atoms with E-state index >= 15 is 4.39 Å². The summed E-state index contributed by atoms with van der Waals surface area (Å²) in [7, 11) is -4.56. The number of para-hydroxylation sites is 1. The molecule has 6 atom stereocenters. The number of rotatable bonds is 18. The van der Waals surface area contributed by atoms with E-state index < -0.39 is 68.9 Å². The van der Waals surface area contributed by atoms with Crippen molar-refractivity contribution in [1.29, 1.82) is 0 Å². The van der Waals surface area contributed by atoms with Gasteiger partial charge in [0.15, 0.2) is 23.6 Å². The number of benzene rings is 1. The monoisotopic (exact) mass is 721 g/mol.